The van der Waals surface area contributed by atoms with E-state index in [1.807, 2.05) is 6.07 Å². The van der Waals surface area contributed by atoms with Crippen LogP contribution < -0.4 is 10.6 Å². The molecular formula is C13H13N3O5. The summed E-state index contributed by atoms with van der Waals surface area (Å²) in [7, 11) is 1.12. The molecule has 110 valence electrons. The van der Waals surface area contributed by atoms with Crippen LogP contribution in [0.5, 0.6) is 0 Å². The monoisotopic (exact) mass is 291 g/mol. The Morgan fingerprint density at radius 2 is 2.05 bits per heavy atom. The van der Waals surface area contributed by atoms with Crippen molar-refractivity contribution in [3.63, 3.8) is 0 Å². The molecule has 1 rings (SSSR count). The van der Waals surface area contributed by atoms with Gasteiger partial charge in [0.2, 0.25) is 0 Å². The number of aliphatic carboxylic acids is 1. The topological polar surface area (TPSA) is 129 Å². The number of nitriles is 1. The number of hydrogen-bond acceptors (Lipinski definition) is 5. The molecule has 8 nitrogen and oxygen atoms in total. The lowest BCUT2D eigenvalue weighted by Crippen LogP contribution is -2.44. The van der Waals surface area contributed by atoms with Crippen molar-refractivity contribution < 1.29 is 24.2 Å². The first-order chi connectivity index (χ1) is 9.97. The van der Waals surface area contributed by atoms with Gasteiger partial charge in [-0.05, 0) is 12.1 Å². The molecule has 0 bridgehead atoms. The molecule has 0 spiro atoms. The van der Waals surface area contributed by atoms with Crippen LogP contribution in [0.2, 0.25) is 0 Å². The minimum absolute atomic E-state index is 0.229. The third-order valence-corrected chi connectivity index (χ3v) is 2.50. The Balaban J connectivity index is 2.72. The number of methoxy groups -OCH3 is 1. The molecule has 0 saturated carbocycles. The van der Waals surface area contributed by atoms with Crippen molar-refractivity contribution in [1.82, 2.24) is 5.32 Å². The van der Waals surface area contributed by atoms with Crippen LogP contribution in [-0.4, -0.2) is 36.2 Å². The van der Waals surface area contributed by atoms with Crippen LogP contribution in [-0.2, 0) is 14.3 Å². The lowest BCUT2D eigenvalue weighted by atomic mass is 10.2. The molecule has 0 aromatic heterocycles. The molecule has 0 aliphatic rings. The van der Waals surface area contributed by atoms with E-state index >= 15 is 0 Å². The van der Waals surface area contributed by atoms with Crippen LogP contribution in [0, 0.1) is 11.3 Å². The summed E-state index contributed by atoms with van der Waals surface area (Å²) in [4.78, 5) is 33.7. The predicted octanol–water partition coefficient (Wildman–Crippen LogP) is 0.696. The van der Waals surface area contributed by atoms with Crippen molar-refractivity contribution in [2.24, 2.45) is 0 Å². The van der Waals surface area contributed by atoms with Gasteiger partial charge >= 0.3 is 18.0 Å². The smallest absolute Gasteiger partial charge is 0.326 e. The number of hydrogen-bond donors (Lipinski definition) is 3. The summed E-state index contributed by atoms with van der Waals surface area (Å²) in [6.07, 6.45) is -0.501. The fourth-order valence-electron chi connectivity index (χ4n) is 1.46. The van der Waals surface area contributed by atoms with Gasteiger partial charge in [0.05, 0.1) is 24.8 Å². The number of nitrogens with one attached hydrogen (secondary N) is 2. The molecule has 21 heavy (non-hydrogen) atoms. The zero-order chi connectivity index (χ0) is 15.8. The van der Waals surface area contributed by atoms with E-state index in [2.05, 4.69) is 15.4 Å². The van der Waals surface area contributed by atoms with Gasteiger partial charge in [-0.3, -0.25) is 4.79 Å². The third-order valence-electron chi connectivity index (χ3n) is 2.50. The van der Waals surface area contributed by atoms with Gasteiger partial charge in [0, 0.05) is 0 Å². The molecule has 0 aliphatic heterocycles. The van der Waals surface area contributed by atoms with Gasteiger partial charge in [0.25, 0.3) is 0 Å². The molecule has 1 atom stereocenters. The average Bonchev–Trinajstić information content (AvgIpc) is 2.46. The SMILES string of the molecule is COC(=O)C[C@H](NC(=O)Nc1ccccc1C#N)C(=O)O. The highest BCUT2D eigenvalue weighted by Gasteiger charge is 2.23. The molecule has 3 N–H and O–H groups in total. The number of carboxylic acid groups (broad SMARTS) is 1. The van der Waals surface area contributed by atoms with E-state index in [4.69, 9.17) is 10.4 Å². The van der Waals surface area contributed by atoms with Gasteiger partial charge in [-0.1, -0.05) is 12.1 Å². The maximum absolute atomic E-state index is 11.7. The summed E-state index contributed by atoms with van der Waals surface area (Å²) in [5.74, 6) is -2.13. The number of anilines is 1. The summed E-state index contributed by atoms with van der Waals surface area (Å²) in [5, 5.41) is 22.3. The number of esters is 1. The number of para-hydroxylation sites is 1. The van der Waals surface area contributed by atoms with Gasteiger partial charge in [-0.15, -0.1) is 0 Å². The maximum atomic E-state index is 11.7. The van der Waals surface area contributed by atoms with Crippen molar-refractivity contribution in [3.8, 4) is 6.07 Å². The van der Waals surface area contributed by atoms with E-state index in [1.54, 1.807) is 12.1 Å². The second kappa shape index (κ2) is 7.49. The summed E-state index contributed by atoms with van der Waals surface area (Å²) in [6.45, 7) is 0. The highest BCUT2D eigenvalue weighted by Crippen LogP contribution is 2.13. The Morgan fingerprint density at radius 3 is 2.62 bits per heavy atom. The minimum atomic E-state index is -1.42. The standard InChI is InChI=1S/C13H13N3O5/c1-21-11(17)6-10(12(18)19)16-13(20)15-9-5-3-2-4-8(9)7-14/h2-5,10H,6H2,1H3,(H,18,19)(H2,15,16,20)/t10-/m0/s1. The highest BCUT2D eigenvalue weighted by molar-refractivity contribution is 5.94. The highest BCUT2D eigenvalue weighted by atomic mass is 16.5. The number of carboxylic acids is 1. The molecule has 0 saturated heterocycles. The Hall–Kier alpha value is -3.08. The lowest BCUT2D eigenvalue weighted by Gasteiger charge is -2.14. The van der Waals surface area contributed by atoms with E-state index < -0.39 is 30.4 Å². The number of urea groups is 1. The maximum Gasteiger partial charge on any atom is 0.326 e. The second-order valence-corrected chi connectivity index (χ2v) is 3.93. The molecule has 1 aromatic rings. The zero-order valence-electron chi connectivity index (χ0n) is 11.1. The van der Waals surface area contributed by atoms with Crippen molar-refractivity contribution in [1.29, 1.82) is 5.26 Å². The second-order valence-electron chi connectivity index (χ2n) is 3.93. The molecule has 0 fully saturated rings. The van der Waals surface area contributed by atoms with Gasteiger partial charge in [-0.2, -0.15) is 5.26 Å². The third kappa shape index (κ3) is 4.83. The molecule has 8 heteroatoms. The van der Waals surface area contributed by atoms with E-state index in [0.29, 0.717) is 0 Å². The number of carbonyl (C=O) groups excluding carboxylic acids is 2. The summed E-state index contributed by atoms with van der Waals surface area (Å²) >= 11 is 0. The largest absolute Gasteiger partial charge is 0.480 e. The van der Waals surface area contributed by atoms with E-state index in [0.717, 1.165) is 7.11 Å². The zero-order valence-corrected chi connectivity index (χ0v) is 11.1. The fourth-order valence-corrected chi connectivity index (χ4v) is 1.46. The first-order valence-corrected chi connectivity index (χ1v) is 5.84. The molecule has 1 aromatic carbocycles. The van der Waals surface area contributed by atoms with Crippen LogP contribution in [0.3, 0.4) is 0 Å². The van der Waals surface area contributed by atoms with Gasteiger partial charge in [-0.25, -0.2) is 9.59 Å². The summed E-state index contributed by atoms with van der Waals surface area (Å²) < 4.78 is 4.35. The summed E-state index contributed by atoms with van der Waals surface area (Å²) in [5.41, 5.74) is 0.465. The van der Waals surface area contributed by atoms with Crippen LogP contribution in [0.4, 0.5) is 10.5 Å². The molecule has 2 amide bonds. The van der Waals surface area contributed by atoms with Crippen LogP contribution in [0.1, 0.15) is 12.0 Å². The molecular weight excluding hydrogens is 278 g/mol. The quantitative estimate of drug-likeness (QED) is 0.685. The van der Waals surface area contributed by atoms with E-state index in [9.17, 15) is 14.4 Å². The average molecular weight is 291 g/mol. The van der Waals surface area contributed by atoms with Gasteiger partial charge < -0.3 is 20.5 Å². The predicted molar refractivity (Wildman–Crippen MR) is 71.4 cm³/mol. The van der Waals surface area contributed by atoms with E-state index in [-0.39, 0.29) is 11.3 Å². The Kier molecular flexibility index (Phi) is 5.70. The Morgan fingerprint density at radius 1 is 1.38 bits per heavy atom. The minimum Gasteiger partial charge on any atom is -0.480 e. The Labute approximate surface area is 120 Å². The van der Waals surface area contributed by atoms with E-state index in [1.165, 1.54) is 12.1 Å². The van der Waals surface area contributed by atoms with Crippen LogP contribution >= 0.6 is 0 Å². The van der Waals surface area contributed by atoms with Gasteiger partial charge in [0.1, 0.15) is 12.1 Å². The number of carbonyl (C=O) groups is 3. The number of ether oxygens (including phenoxy) is 1. The number of nitrogens with zero attached hydrogens (tertiary/aromatic N) is 1. The molecule has 0 radical (unpaired) electrons. The molecule has 0 heterocycles. The molecule has 0 unspecified atom stereocenters. The molecule has 0 aliphatic carbocycles. The van der Waals surface area contributed by atoms with Crippen LogP contribution in [0.25, 0.3) is 0 Å². The fraction of sp³-hybridized carbons (Fsp3) is 0.231. The summed E-state index contributed by atoms with van der Waals surface area (Å²) in [6, 6.07) is 5.85. The first-order valence-electron chi connectivity index (χ1n) is 5.84. The van der Waals surface area contributed by atoms with Crippen molar-refractivity contribution >= 4 is 23.7 Å². The lowest BCUT2D eigenvalue weighted by molar-refractivity contribution is -0.147. The number of amides is 2. The van der Waals surface area contributed by atoms with Crippen molar-refractivity contribution in [3.05, 3.63) is 29.8 Å². The number of benzene rings is 1. The van der Waals surface area contributed by atoms with Crippen LogP contribution in [0.15, 0.2) is 24.3 Å². The Bertz CT molecular complexity index is 594. The van der Waals surface area contributed by atoms with Gasteiger partial charge in [0.15, 0.2) is 0 Å². The normalized spacial score (nSPS) is 10.9. The first kappa shape index (κ1) is 16.0. The number of rotatable bonds is 5. The van der Waals surface area contributed by atoms with Crippen molar-refractivity contribution in [2.45, 2.75) is 12.5 Å². The van der Waals surface area contributed by atoms with Crippen molar-refractivity contribution in [2.75, 3.05) is 12.4 Å².